The highest BCUT2D eigenvalue weighted by atomic mass is 35.5. The van der Waals surface area contributed by atoms with E-state index in [0.717, 1.165) is 5.69 Å². The van der Waals surface area contributed by atoms with Crippen LogP contribution >= 0.6 is 11.6 Å². The van der Waals surface area contributed by atoms with Crippen LogP contribution in [0, 0.1) is 5.82 Å². The highest BCUT2D eigenvalue weighted by molar-refractivity contribution is 6.29. The van der Waals surface area contributed by atoms with E-state index in [4.69, 9.17) is 16.0 Å². The van der Waals surface area contributed by atoms with Crippen LogP contribution in [0.1, 0.15) is 33.7 Å². The lowest BCUT2D eigenvalue weighted by Crippen LogP contribution is -2.41. The fourth-order valence-corrected chi connectivity index (χ4v) is 3.96. The second-order valence-corrected chi connectivity index (χ2v) is 7.08. The zero-order chi connectivity index (χ0) is 19.4. The van der Waals surface area contributed by atoms with E-state index in [0.29, 0.717) is 41.1 Å². The van der Waals surface area contributed by atoms with E-state index in [-0.39, 0.29) is 16.9 Å². The van der Waals surface area contributed by atoms with Gasteiger partial charge in [-0.15, -0.1) is 0 Å². The number of carbonyl (C=O) groups is 1. The van der Waals surface area contributed by atoms with E-state index >= 15 is 0 Å². The molecule has 5 rings (SSSR count). The van der Waals surface area contributed by atoms with Crippen molar-refractivity contribution in [2.24, 2.45) is 7.05 Å². The number of H-pyrrole nitrogens is 1. The Hall–Kier alpha value is -3.13. The summed E-state index contributed by atoms with van der Waals surface area (Å²) >= 11 is 5.96. The number of hydrogen-bond acceptors (Lipinski definition) is 4. The molecular formula is C19H15ClFN5O2. The van der Waals surface area contributed by atoms with Gasteiger partial charge in [-0.2, -0.15) is 5.10 Å². The maximum absolute atomic E-state index is 14.2. The third-order valence-electron chi connectivity index (χ3n) is 5.05. The monoisotopic (exact) mass is 399 g/mol. The number of amides is 1. The predicted molar refractivity (Wildman–Crippen MR) is 99.6 cm³/mol. The third-order valence-corrected chi connectivity index (χ3v) is 5.24. The molecule has 0 radical (unpaired) electrons. The van der Waals surface area contributed by atoms with Crippen LogP contribution in [0.25, 0.3) is 11.0 Å². The topological polar surface area (TPSA) is 80.0 Å². The number of hydrogen-bond donors (Lipinski definition) is 1. The average Bonchev–Trinajstić information content (AvgIpc) is 3.38. The lowest BCUT2D eigenvalue weighted by Gasteiger charge is -2.33. The smallest absolute Gasteiger partial charge is 0.273 e. The van der Waals surface area contributed by atoms with Gasteiger partial charge in [0.15, 0.2) is 5.15 Å². The van der Waals surface area contributed by atoms with E-state index in [1.165, 1.54) is 16.8 Å². The molecule has 3 aromatic heterocycles. The number of imidazole rings is 1. The van der Waals surface area contributed by atoms with E-state index in [1.807, 2.05) is 0 Å². The number of nitrogens with zero attached hydrogens (tertiary/aromatic N) is 4. The van der Waals surface area contributed by atoms with Crippen LogP contribution in [0.4, 0.5) is 4.39 Å². The van der Waals surface area contributed by atoms with E-state index in [1.54, 1.807) is 36.5 Å². The van der Waals surface area contributed by atoms with Crippen molar-refractivity contribution in [3.8, 4) is 0 Å². The fourth-order valence-electron chi connectivity index (χ4n) is 3.74. The Labute approximate surface area is 163 Å². The van der Waals surface area contributed by atoms with E-state index < -0.39 is 6.04 Å². The molecule has 0 spiro atoms. The van der Waals surface area contributed by atoms with Gasteiger partial charge >= 0.3 is 0 Å². The lowest BCUT2D eigenvalue weighted by molar-refractivity contribution is 0.0661. The van der Waals surface area contributed by atoms with Crippen molar-refractivity contribution in [2.75, 3.05) is 6.54 Å². The Balaban J connectivity index is 1.65. The van der Waals surface area contributed by atoms with Gasteiger partial charge in [0.05, 0.1) is 17.4 Å². The molecule has 142 valence electrons. The molecular weight excluding hydrogens is 385 g/mol. The van der Waals surface area contributed by atoms with Crippen LogP contribution in [-0.2, 0) is 13.5 Å². The number of furan rings is 1. The standard InChI is InChI=1S/C19H15ClFN5O2/c1-25-13(8-16(20)24-25)19(27)26-6-5-12-17(23-9-22-12)18(26)15-7-10-11(21)3-2-4-14(10)28-15/h2-4,7-9,18H,5-6H2,1H3,(H,22,23)/t18-/m1/s1. The summed E-state index contributed by atoms with van der Waals surface area (Å²) in [5.74, 6) is -0.168. The van der Waals surface area contributed by atoms with Crippen molar-refractivity contribution in [1.29, 1.82) is 0 Å². The van der Waals surface area contributed by atoms with Crippen LogP contribution in [0.15, 0.2) is 41.1 Å². The summed E-state index contributed by atoms with van der Waals surface area (Å²) in [6.45, 7) is 0.445. The van der Waals surface area contributed by atoms with Crippen molar-refractivity contribution in [3.05, 3.63) is 70.5 Å². The van der Waals surface area contributed by atoms with Gasteiger partial charge in [-0.25, -0.2) is 9.37 Å². The molecule has 4 aromatic rings. The first kappa shape index (κ1) is 17.0. The first-order chi connectivity index (χ1) is 13.5. The lowest BCUT2D eigenvalue weighted by atomic mass is 9.99. The molecule has 1 aliphatic heterocycles. The zero-order valence-corrected chi connectivity index (χ0v) is 15.6. The maximum Gasteiger partial charge on any atom is 0.273 e. The molecule has 1 N–H and O–H groups in total. The van der Waals surface area contributed by atoms with Gasteiger partial charge < -0.3 is 14.3 Å². The molecule has 1 amide bonds. The van der Waals surface area contributed by atoms with Crippen molar-refractivity contribution < 1.29 is 13.6 Å². The average molecular weight is 400 g/mol. The summed E-state index contributed by atoms with van der Waals surface area (Å²) in [5, 5.41) is 4.66. The first-order valence-corrected chi connectivity index (χ1v) is 9.11. The summed E-state index contributed by atoms with van der Waals surface area (Å²) in [7, 11) is 1.66. The van der Waals surface area contributed by atoms with Crippen LogP contribution < -0.4 is 0 Å². The number of halogens is 2. The second kappa shape index (κ2) is 6.20. The maximum atomic E-state index is 14.2. The van der Waals surface area contributed by atoms with E-state index in [9.17, 15) is 9.18 Å². The molecule has 0 saturated carbocycles. The quantitative estimate of drug-likeness (QED) is 0.559. The molecule has 0 saturated heterocycles. The van der Waals surface area contributed by atoms with Crippen LogP contribution in [0.2, 0.25) is 5.15 Å². The van der Waals surface area contributed by atoms with Gasteiger partial charge in [-0.1, -0.05) is 17.7 Å². The number of aryl methyl sites for hydroxylation is 1. The second-order valence-electron chi connectivity index (χ2n) is 6.69. The molecule has 7 nitrogen and oxygen atoms in total. The highest BCUT2D eigenvalue weighted by Gasteiger charge is 2.37. The SMILES string of the molecule is Cn1nc(Cl)cc1C(=O)N1CCc2[nH]cnc2[C@H]1c1cc2c(F)cccc2o1. The summed E-state index contributed by atoms with van der Waals surface area (Å²) in [6, 6.07) is 7.25. The molecule has 4 heterocycles. The molecule has 0 unspecified atom stereocenters. The van der Waals surface area contributed by atoms with Crippen molar-refractivity contribution in [1.82, 2.24) is 24.6 Å². The number of aromatic amines is 1. The predicted octanol–water partition coefficient (Wildman–Crippen LogP) is 3.47. The van der Waals surface area contributed by atoms with Gasteiger partial charge in [0, 0.05) is 31.8 Å². The summed E-state index contributed by atoms with van der Waals surface area (Å²) in [6.07, 6.45) is 2.22. The van der Waals surface area contributed by atoms with Crippen molar-refractivity contribution in [2.45, 2.75) is 12.5 Å². The number of benzene rings is 1. The van der Waals surface area contributed by atoms with Crippen LogP contribution in [0.5, 0.6) is 0 Å². The van der Waals surface area contributed by atoms with Gasteiger partial charge in [-0.3, -0.25) is 9.48 Å². The van der Waals surface area contributed by atoms with Gasteiger partial charge in [-0.05, 0) is 18.2 Å². The molecule has 0 aliphatic carbocycles. The minimum atomic E-state index is -0.581. The molecule has 1 aromatic carbocycles. The molecule has 9 heteroatoms. The largest absolute Gasteiger partial charge is 0.458 e. The van der Waals surface area contributed by atoms with Crippen LogP contribution in [-0.4, -0.2) is 37.1 Å². The number of aromatic nitrogens is 4. The summed E-state index contributed by atoms with van der Waals surface area (Å²) < 4.78 is 21.6. The Morgan fingerprint density at radius 2 is 2.25 bits per heavy atom. The van der Waals surface area contributed by atoms with Gasteiger partial charge in [0.1, 0.15) is 28.9 Å². The minimum Gasteiger partial charge on any atom is -0.458 e. The number of carbonyl (C=O) groups excluding carboxylic acids is 1. The van der Waals surface area contributed by atoms with Crippen molar-refractivity contribution in [3.63, 3.8) is 0 Å². The highest BCUT2D eigenvalue weighted by Crippen LogP contribution is 2.37. The third kappa shape index (κ3) is 2.52. The van der Waals surface area contributed by atoms with Gasteiger partial charge in [0.25, 0.3) is 5.91 Å². The zero-order valence-electron chi connectivity index (χ0n) is 14.8. The molecule has 0 fully saturated rings. The summed E-state index contributed by atoms with van der Waals surface area (Å²) in [5.41, 5.74) is 2.40. The molecule has 28 heavy (non-hydrogen) atoms. The van der Waals surface area contributed by atoms with Crippen LogP contribution in [0.3, 0.4) is 0 Å². The molecule has 1 atom stereocenters. The number of rotatable bonds is 2. The van der Waals surface area contributed by atoms with Crippen molar-refractivity contribution >= 4 is 28.5 Å². The molecule has 1 aliphatic rings. The minimum absolute atomic E-state index is 0.241. The first-order valence-electron chi connectivity index (χ1n) is 8.73. The van der Waals surface area contributed by atoms with E-state index in [2.05, 4.69) is 15.1 Å². The number of fused-ring (bicyclic) bond motifs is 2. The normalized spacial score (nSPS) is 16.5. The fraction of sp³-hybridized carbons (Fsp3) is 0.211. The summed E-state index contributed by atoms with van der Waals surface area (Å²) in [4.78, 5) is 22.5. The number of nitrogens with one attached hydrogen (secondary N) is 1. The Kier molecular flexibility index (Phi) is 3.77. The molecule has 0 bridgehead atoms. The Morgan fingerprint density at radius 3 is 3.00 bits per heavy atom. The van der Waals surface area contributed by atoms with Gasteiger partial charge in [0.2, 0.25) is 0 Å². The Bertz CT molecular complexity index is 1210. The Morgan fingerprint density at radius 1 is 1.39 bits per heavy atom.